The van der Waals surface area contributed by atoms with Crippen LogP contribution < -0.4 is 10.2 Å². The standard InChI is InChI=1S/C20H24N6O/c1-15(2)22-20(27)25-12-10-24(11-13-25)19-9-8-18-21-14-17(26(18)23-19)16-6-4-3-5-7-16/h3-9,14-15H,10-13H2,1-2H3,(H,22,27). The summed E-state index contributed by atoms with van der Waals surface area (Å²) in [6.07, 6.45) is 1.86. The van der Waals surface area contributed by atoms with Gasteiger partial charge in [0.1, 0.15) is 5.82 Å². The zero-order valence-electron chi connectivity index (χ0n) is 15.7. The van der Waals surface area contributed by atoms with Gasteiger partial charge in [0.15, 0.2) is 5.65 Å². The third-order valence-corrected chi connectivity index (χ3v) is 4.72. The van der Waals surface area contributed by atoms with Crippen molar-refractivity contribution in [3.05, 3.63) is 48.7 Å². The second kappa shape index (κ2) is 7.26. The highest BCUT2D eigenvalue weighted by molar-refractivity contribution is 5.74. The number of fused-ring (bicyclic) bond motifs is 1. The zero-order valence-corrected chi connectivity index (χ0v) is 15.7. The van der Waals surface area contributed by atoms with E-state index in [0.717, 1.165) is 35.8 Å². The van der Waals surface area contributed by atoms with Crippen LogP contribution in [0.3, 0.4) is 0 Å². The maximum absolute atomic E-state index is 12.2. The Bertz CT molecular complexity index is 928. The minimum Gasteiger partial charge on any atom is -0.352 e. The number of hydrogen-bond donors (Lipinski definition) is 1. The molecule has 0 bridgehead atoms. The minimum atomic E-state index is 0.00837. The second-order valence-corrected chi connectivity index (χ2v) is 7.05. The van der Waals surface area contributed by atoms with E-state index >= 15 is 0 Å². The van der Waals surface area contributed by atoms with Crippen LogP contribution in [-0.4, -0.2) is 57.7 Å². The van der Waals surface area contributed by atoms with Gasteiger partial charge in [-0.15, -0.1) is 5.10 Å². The molecule has 1 fully saturated rings. The van der Waals surface area contributed by atoms with Gasteiger partial charge >= 0.3 is 6.03 Å². The van der Waals surface area contributed by atoms with Crippen molar-refractivity contribution < 1.29 is 4.79 Å². The van der Waals surface area contributed by atoms with Crippen LogP contribution in [0.1, 0.15) is 13.8 Å². The van der Waals surface area contributed by atoms with Gasteiger partial charge in [0.05, 0.1) is 11.9 Å². The average Bonchev–Trinajstić information content (AvgIpc) is 3.11. The molecule has 1 aliphatic rings. The van der Waals surface area contributed by atoms with Gasteiger partial charge in [-0.2, -0.15) is 0 Å². The SMILES string of the molecule is CC(C)NC(=O)N1CCN(c2ccc3ncc(-c4ccccc4)n3n2)CC1. The van der Waals surface area contributed by atoms with E-state index in [9.17, 15) is 4.79 Å². The number of amides is 2. The molecule has 3 aromatic rings. The summed E-state index contributed by atoms with van der Waals surface area (Å²) in [4.78, 5) is 20.7. The van der Waals surface area contributed by atoms with E-state index < -0.39 is 0 Å². The summed E-state index contributed by atoms with van der Waals surface area (Å²) in [6, 6.07) is 14.3. The molecule has 7 heteroatoms. The van der Waals surface area contributed by atoms with Crippen molar-refractivity contribution in [1.82, 2.24) is 24.8 Å². The van der Waals surface area contributed by atoms with Gasteiger partial charge in [-0.05, 0) is 26.0 Å². The second-order valence-electron chi connectivity index (χ2n) is 7.05. The molecule has 1 saturated heterocycles. The lowest BCUT2D eigenvalue weighted by Gasteiger charge is -2.35. The Hall–Kier alpha value is -3.09. The van der Waals surface area contributed by atoms with Crippen molar-refractivity contribution in [2.24, 2.45) is 0 Å². The van der Waals surface area contributed by atoms with E-state index in [1.54, 1.807) is 0 Å². The molecule has 0 radical (unpaired) electrons. The number of benzene rings is 1. The minimum absolute atomic E-state index is 0.00837. The summed E-state index contributed by atoms with van der Waals surface area (Å²) >= 11 is 0. The van der Waals surface area contributed by atoms with Crippen molar-refractivity contribution >= 4 is 17.5 Å². The molecule has 0 spiro atoms. The van der Waals surface area contributed by atoms with E-state index in [1.807, 2.05) is 59.8 Å². The highest BCUT2D eigenvalue weighted by atomic mass is 16.2. The van der Waals surface area contributed by atoms with Crippen molar-refractivity contribution in [3.63, 3.8) is 0 Å². The Kier molecular flexibility index (Phi) is 4.66. The van der Waals surface area contributed by atoms with E-state index in [-0.39, 0.29) is 12.1 Å². The zero-order chi connectivity index (χ0) is 18.8. The molecule has 0 aliphatic carbocycles. The molecular formula is C20H24N6O. The number of rotatable bonds is 3. The molecule has 140 valence electrons. The lowest BCUT2D eigenvalue weighted by Crippen LogP contribution is -2.53. The summed E-state index contributed by atoms with van der Waals surface area (Å²) in [5, 5.41) is 7.77. The average molecular weight is 364 g/mol. The number of hydrogen-bond acceptors (Lipinski definition) is 4. The van der Waals surface area contributed by atoms with Crippen LogP contribution in [0, 0.1) is 0 Å². The summed E-state index contributed by atoms with van der Waals surface area (Å²) < 4.78 is 1.89. The number of urea groups is 1. The monoisotopic (exact) mass is 364 g/mol. The molecule has 3 heterocycles. The first-order chi connectivity index (χ1) is 13.1. The summed E-state index contributed by atoms with van der Waals surface area (Å²) in [5.41, 5.74) is 2.89. The van der Waals surface area contributed by atoms with Crippen molar-refractivity contribution in [2.45, 2.75) is 19.9 Å². The van der Waals surface area contributed by atoms with E-state index in [0.29, 0.717) is 13.1 Å². The van der Waals surface area contributed by atoms with E-state index in [2.05, 4.69) is 27.3 Å². The largest absolute Gasteiger partial charge is 0.352 e. The van der Waals surface area contributed by atoms with Crippen LogP contribution in [0.25, 0.3) is 16.9 Å². The molecule has 0 unspecified atom stereocenters. The number of carbonyl (C=O) groups is 1. The fourth-order valence-electron chi connectivity index (χ4n) is 3.31. The number of carbonyl (C=O) groups excluding carboxylic acids is 1. The fourth-order valence-corrected chi connectivity index (χ4v) is 3.31. The quantitative estimate of drug-likeness (QED) is 0.776. The highest BCUT2D eigenvalue weighted by Gasteiger charge is 2.22. The first kappa shape index (κ1) is 17.3. The van der Waals surface area contributed by atoms with Gasteiger partial charge in [0, 0.05) is 37.8 Å². The smallest absolute Gasteiger partial charge is 0.317 e. The Balaban J connectivity index is 1.53. The molecule has 0 saturated carbocycles. The van der Waals surface area contributed by atoms with Crippen LogP contribution in [0.4, 0.5) is 10.6 Å². The van der Waals surface area contributed by atoms with Crippen LogP contribution in [0.5, 0.6) is 0 Å². The molecule has 2 aromatic heterocycles. The number of imidazole rings is 1. The maximum atomic E-state index is 12.2. The van der Waals surface area contributed by atoms with Gasteiger partial charge in [0.2, 0.25) is 0 Å². The molecule has 1 N–H and O–H groups in total. The van der Waals surface area contributed by atoms with Gasteiger partial charge in [0.25, 0.3) is 0 Å². The highest BCUT2D eigenvalue weighted by Crippen LogP contribution is 2.22. The van der Waals surface area contributed by atoms with Crippen LogP contribution in [0.2, 0.25) is 0 Å². The molecule has 1 aromatic carbocycles. The topological polar surface area (TPSA) is 65.8 Å². The molecule has 27 heavy (non-hydrogen) atoms. The van der Waals surface area contributed by atoms with Gasteiger partial charge in [-0.1, -0.05) is 30.3 Å². The summed E-state index contributed by atoms with van der Waals surface area (Å²) in [5.74, 6) is 0.904. The van der Waals surface area contributed by atoms with Gasteiger partial charge in [-0.25, -0.2) is 14.3 Å². The van der Waals surface area contributed by atoms with Crippen molar-refractivity contribution in [3.8, 4) is 11.3 Å². The summed E-state index contributed by atoms with van der Waals surface area (Å²) in [6.45, 7) is 6.85. The van der Waals surface area contributed by atoms with E-state index in [4.69, 9.17) is 5.10 Å². The van der Waals surface area contributed by atoms with Gasteiger partial charge < -0.3 is 15.1 Å². The fraction of sp³-hybridized carbons (Fsp3) is 0.350. The first-order valence-corrected chi connectivity index (χ1v) is 9.32. The Morgan fingerprint density at radius 2 is 1.78 bits per heavy atom. The first-order valence-electron chi connectivity index (χ1n) is 9.32. The maximum Gasteiger partial charge on any atom is 0.317 e. The van der Waals surface area contributed by atoms with E-state index in [1.165, 1.54) is 0 Å². The van der Waals surface area contributed by atoms with Crippen LogP contribution in [-0.2, 0) is 0 Å². The molecule has 2 amide bonds. The third-order valence-electron chi connectivity index (χ3n) is 4.72. The number of anilines is 1. The molecule has 7 nitrogen and oxygen atoms in total. The van der Waals surface area contributed by atoms with Crippen LogP contribution in [0.15, 0.2) is 48.7 Å². The molecular weight excluding hydrogens is 340 g/mol. The predicted molar refractivity (Wildman–Crippen MR) is 106 cm³/mol. The van der Waals surface area contributed by atoms with Crippen LogP contribution >= 0.6 is 0 Å². The number of piperazine rings is 1. The Morgan fingerprint density at radius 1 is 1.04 bits per heavy atom. The lowest BCUT2D eigenvalue weighted by atomic mass is 10.2. The van der Waals surface area contributed by atoms with Crippen molar-refractivity contribution in [2.75, 3.05) is 31.1 Å². The number of nitrogens with zero attached hydrogens (tertiary/aromatic N) is 5. The number of aromatic nitrogens is 3. The Labute approximate surface area is 158 Å². The molecule has 1 aliphatic heterocycles. The normalized spacial score (nSPS) is 14.8. The Morgan fingerprint density at radius 3 is 2.48 bits per heavy atom. The predicted octanol–water partition coefficient (Wildman–Crippen LogP) is 2.64. The molecule has 0 atom stereocenters. The number of nitrogens with one attached hydrogen (secondary N) is 1. The van der Waals surface area contributed by atoms with Crippen molar-refractivity contribution in [1.29, 1.82) is 0 Å². The van der Waals surface area contributed by atoms with Gasteiger partial charge in [-0.3, -0.25) is 0 Å². The summed E-state index contributed by atoms with van der Waals surface area (Å²) in [7, 11) is 0. The third kappa shape index (κ3) is 3.58. The lowest BCUT2D eigenvalue weighted by molar-refractivity contribution is 0.191. The molecule has 4 rings (SSSR count).